The van der Waals surface area contributed by atoms with Crippen LogP contribution in [0.3, 0.4) is 0 Å². The summed E-state index contributed by atoms with van der Waals surface area (Å²) in [6.07, 6.45) is 1.88. The van der Waals surface area contributed by atoms with Crippen molar-refractivity contribution in [2.24, 2.45) is 0 Å². The van der Waals surface area contributed by atoms with Crippen LogP contribution in [0.25, 0.3) is 11.1 Å². The van der Waals surface area contributed by atoms with Crippen molar-refractivity contribution < 1.29 is 9.53 Å². The Morgan fingerprint density at radius 3 is 2.38 bits per heavy atom. The number of methoxy groups -OCH3 is 1. The fraction of sp³-hybridized carbons (Fsp3) is 0.261. The Hall–Kier alpha value is -2.76. The molecule has 5 nitrogen and oxygen atoms in total. The van der Waals surface area contributed by atoms with Crippen molar-refractivity contribution in [3.05, 3.63) is 77.1 Å². The summed E-state index contributed by atoms with van der Waals surface area (Å²) in [4.78, 5) is 20.2. The van der Waals surface area contributed by atoms with Gasteiger partial charge in [-0.25, -0.2) is 4.79 Å². The van der Waals surface area contributed by atoms with Crippen LogP contribution in [-0.4, -0.2) is 49.1 Å². The lowest BCUT2D eigenvalue weighted by molar-refractivity contribution is 0.0595. The first-order valence-corrected chi connectivity index (χ1v) is 10.1. The second-order valence-corrected chi connectivity index (χ2v) is 7.61. The number of hydrogen-bond acceptors (Lipinski definition) is 4. The van der Waals surface area contributed by atoms with E-state index in [2.05, 4.69) is 39.0 Å². The van der Waals surface area contributed by atoms with E-state index in [9.17, 15) is 4.79 Å². The van der Waals surface area contributed by atoms with Crippen molar-refractivity contribution in [2.45, 2.75) is 6.54 Å². The molecule has 0 bridgehead atoms. The molecule has 0 saturated carbocycles. The first-order valence-electron chi connectivity index (χ1n) is 9.72. The van der Waals surface area contributed by atoms with E-state index in [4.69, 9.17) is 16.3 Å². The van der Waals surface area contributed by atoms with Gasteiger partial charge in [-0.2, -0.15) is 0 Å². The minimum Gasteiger partial charge on any atom is -0.464 e. The summed E-state index contributed by atoms with van der Waals surface area (Å²) in [5.74, 6) is -0.355. The number of ether oxygens (including phenoxy) is 1. The molecule has 6 heteroatoms. The minimum absolute atomic E-state index is 0.355. The third-order valence-corrected chi connectivity index (χ3v) is 5.59. The Labute approximate surface area is 175 Å². The number of carbonyl (C=O) groups excluding carboxylic acids is 1. The number of nitrogens with zero attached hydrogens (tertiary/aromatic N) is 2. The highest BCUT2D eigenvalue weighted by atomic mass is 35.5. The maximum absolute atomic E-state index is 12.4. The largest absolute Gasteiger partial charge is 0.464 e. The summed E-state index contributed by atoms with van der Waals surface area (Å²) in [5.41, 5.74) is 4.72. The number of hydrogen-bond donors (Lipinski definition) is 1. The highest BCUT2D eigenvalue weighted by Gasteiger charge is 2.27. The lowest BCUT2D eigenvalue weighted by Crippen LogP contribution is -2.46. The molecule has 1 aliphatic rings. The van der Waals surface area contributed by atoms with Crippen LogP contribution in [-0.2, 0) is 11.3 Å². The van der Waals surface area contributed by atoms with E-state index in [0.29, 0.717) is 10.7 Å². The molecule has 29 heavy (non-hydrogen) atoms. The molecular formula is C23H24ClN3O2. The van der Waals surface area contributed by atoms with Crippen LogP contribution in [0.4, 0.5) is 5.69 Å². The topological polar surface area (TPSA) is 48.6 Å². The number of anilines is 1. The van der Waals surface area contributed by atoms with Gasteiger partial charge in [0.15, 0.2) is 0 Å². The SMILES string of the molecule is COC(=O)c1[nH]cc(-c2ccc(Cl)cc2)c1N1CCN(Cc2ccccc2)CC1. The number of piperazine rings is 1. The number of halogens is 1. The molecule has 0 unspecified atom stereocenters. The molecule has 1 fully saturated rings. The van der Waals surface area contributed by atoms with E-state index < -0.39 is 0 Å². The molecular weight excluding hydrogens is 386 g/mol. The second-order valence-electron chi connectivity index (χ2n) is 7.17. The monoisotopic (exact) mass is 409 g/mol. The zero-order chi connectivity index (χ0) is 20.2. The van der Waals surface area contributed by atoms with Crippen molar-refractivity contribution in [1.29, 1.82) is 0 Å². The molecule has 0 aliphatic carbocycles. The Morgan fingerprint density at radius 2 is 1.72 bits per heavy atom. The van der Waals surface area contributed by atoms with Crippen LogP contribution >= 0.6 is 11.6 Å². The highest BCUT2D eigenvalue weighted by Crippen LogP contribution is 2.35. The summed E-state index contributed by atoms with van der Waals surface area (Å²) in [5, 5.41) is 0.688. The number of benzene rings is 2. The quantitative estimate of drug-likeness (QED) is 0.633. The molecule has 0 radical (unpaired) electrons. The van der Waals surface area contributed by atoms with Gasteiger partial charge >= 0.3 is 5.97 Å². The number of H-pyrrole nitrogens is 1. The minimum atomic E-state index is -0.355. The van der Waals surface area contributed by atoms with E-state index in [0.717, 1.165) is 49.5 Å². The van der Waals surface area contributed by atoms with E-state index in [1.165, 1.54) is 12.7 Å². The van der Waals surface area contributed by atoms with Crippen LogP contribution < -0.4 is 4.90 Å². The molecule has 1 N–H and O–H groups in total. The van der Waals surface area contributed by atoms with Gasteiger partial charge in [0, 0.05) is 49.5 Å². The first kappa shape index (κ1) is 19.6. The standard InChI is InChI=1S/C23H24ClN3O2/c1-29-23(28)21-22(20(15-25-21)18-7-9-19(24)10-8-18)27-13-11-26(12-14-27)16-17-5-3-2-4-6-17/h2-10,15,25H,11-14,16H2,1H3. The van der Waals surface area contributed by atoms with E-state index in [1.54, 1.807) is 0 Å². The summed E-state index contributed by atoms with van der Waals surface area (Å²) in [7, 11) is 1.41. The molecule has 1 aromatic heterocycles. The third-order valence-electron chi connectivity index (χ3n) is 5.34. The molecule has 0 spiro atoms. The zero-order valence-corrected chi connectivity index (χ0v) is 17.2. The van der Waals surface area contributed by atoms with Crippen LogP contribution in [0.1, 0.15) is 16.1 Å². The average molecular weight is 410 g/mol. The zero-order valence-electron chi connectivity index (χ0n) is 16.4. The van der Waals surface area contributed by atoms with E-state index in [-0.39, 0.29) is 5.97 Å². The summed E-state index contributed by atoms with van der Waals surface area (Å²) >= 11 is 6.05. The predicted molar refractivity (Wildman–Crippen MR) is 117 cm³/mol. The normalized spacial score (nSPS) is 14.8. The van der Waals surface area contributed by atoms with Crippen molar-refractivity contribution in [2.75, 3.05) is 38.2 Å². The van der Waals surface area contributed by atoms with Gasteiger partial charge in [-0.1, -0.05) is 54.1 Å². The van der Waals surface area contributed by atoms with Gasteiger partial charge in [-0.3, -0.25) is 4.90 Å². The Balaban J connectivity index is 1.56. The molecule has 2 aromatic carbocycles. The predicted octanol–water partition coefficient (Wildman–Crippen LogP) is 4.44. The number of aromatic nitrogens is 1. The van der Waals surface area contributed by atoms with Gasteiger partial charge in [-0.05, 0) is 23.3 Å². The molecule has 3 aromatic rings. The van der Waals surface area contributed by atoms with Crippen molar-refractivity contribution in [3.63, 3.8) is 0 Å². The van der Waals surface area contributed by atoms with Crippen LogP contribution in [0, 0.1) is 0 Å². The third kappa shape index (κ3) is 4.31. The molecule has 4 rings (SSSR count). The lowest BCUT2D eigenvalue weighted by Gasteiger charge is -2.36. The number of carbonyl (C=O) groups is 1. The van der Waals surface area contributed by atoms with Gasteiger partial charge in [0.1, 0.15) is 5.69 Å². The molecule has 0 atom stereocenters. The van der Waals surface area contributed by atoms with Gasteiger partial charge in [-0.15, -0.1) is 0 Å². The Morgan fingerprint density at radius 1 is 1.03 bits per heavy atom. The Bertz CT molecular complexity index is 962. The summed E-state index contributed by atoms with van der Waals surface area (Å²) < 4.78 is 5.01. The number of esters is 1. The average Bonchev–Trinajstić information content (AvgIpc) is 3.20. The number of nitrogens with one attached hydrogen (secondary N) is 1. The lowest BCUT2D eigenvalue weighted by atomic mass is 10.1. The number of aromatic amines is 1. The Kier molecular flexibility index (Phi) is 5.88. The maximum atomic E-state index is 12.4. The van der Waals surface area contributed by atoms with Gasteiger partial charge in [0.2, 0.25) is 0 Å². The van der Waals surface area contributed by atoms with Crippen molar-refractivity contribution in [1.82, 2.24) is 9.88 Å². The molecule has 0 amide bonds. The van der Waals surface area contributed by atoms with Crippen molar-refractivity contribution in [3.8, 4) is 11.1 Å². The fourth-order valence-electron chi connectivity index (χ4n) is 3.82. The first-order chi connectivity index (χ1) is 14.2. The van der Waals surface area contributed by atoms with Crippen LogP contribution in [0.5, 0.6) is 0 Å². The van der Waals surface area contributed by atoms with E-state index >= 15 is 0 Å². The van der Waals surface area contributed by atoms with Crippen LogP contribution in [0.15, 0.2) is 60.8 Å². The smallest absolute Gasteiger partial charge is 0.356 e. The van der Waals surface area contributed by atoms with Gasteiger partial charge < -0.3 is 14.6 Å². The molecule has 2 heterocycles. The number of rotatable bonds is 5. The fourth-order valence-corrected chi connectivity index (χ4v) is 3.95. The maximum Gasteiger partial charge on any atom is 0.356 e. The molecule has 150 valence electrons. The molecule has 1 saturated heterocycles. The van der Waals surface area contributed by atoms with Gasteiger partial charge in [0.05, 0.1) is 12.8 Å². The van der Waals surface area contributed by atoms with Crippen LogP contribution in [0.2, 0.25) is 5.02 Å². The highest BCUT2D eigenvalue weighted by molar-refractivity contribution is 6.30. The summed E-state index contributed by atoms with van der Waals surface area (Å²) in [6, 6.07) is 18.2. The molecule has 1 aliphatic heterocycles. The second kappa shape index (κ2) is 8.72. The van der Waals surface area contributed by atoms with Crippen molar-refractivity contribution >= 4 is 23.3 Å². The van der Waals surface area contributed by atoms with Gasteiger partial charge in [0.25, 0.3) is 0 Å². The summed E-state index contributed by atoms with van der Waals surface area (Å²) in [6.45, 7) is 4.49. The van der Waals surface area contributed by atoms with E-state index in [1.807, 2.05) is 36.5 Å².